The SMILES string of the molecule is CC(c1ccncn1)N(C)Cc1cn(C)nc1-c1ccc(C2CCCCC2)cc1. The molecule has 1 fully saturated rings. The van der Waals surface area contributed by atoms with Crippen LogP contribution in [0.3, 0.4) is 0 Å². The third-order valence-electron chi connectivity index (χ3n) is 6.28. The van der Waals surface area contributed by atoms with Gasteiger partial charge in [0.15, 0.2) is 0 Å². The summed E-state index contributed by atoms with van der Waals surface area (Å²) in [5.41, 5.74) is 6.03. The molecule has 0 aliphatic heterocycles. The molecule has 1 aromatic carbocycles. The van der Waals surface area contributed by atoms with E-state index in [0.29, 0.717) is 0 Å². The summed E-state index contributed by atoms with van der Waals surface area (Å²) in [5, 5.41) is 4.77. The Balaban J connectivity index is 1.52. The van der Waals surface area contributed by atoms with Crippen LogP contribution in [0.5, 0.6) is 0 Å². The highest BCUT2D eigenvalue weighted by Crippen LogP contribution is 2.34. The fourth-order valence-corrected chi connectivity index (χ4v) is 4.42. The monoisotopic (exact) mass is 389 g/mol. The molecule has 1 aliphatic rings. The van der Waals surface area contributed by atoms with Crippen molar-refractivity contribution in [2.24, 2.45) is 7.05 Å². The highest BCUT2D eigenvalue weighted by molar-refractivity contribution is 5.63. The summed E-state index contributed by atoms with van der Waals surface area (Å²) in [5.74, 6) is 0.737. The average Bonchev–Trinajstić information content (AvgIpc) is 3.14. The van der Waals surface area contributed by atoms with Gasteiger partial charge in [-0.3, -0.25) is 9.58 Å². The minimum absolute atomic E-state index is 0.208. The fraction of sp³-hybridized carbons (Fsp3) is 0.458. The lowest BCUT2D eigenvalue weighted by atomic mass is 9.84. The molecule has 0 spiro atoms. The molecule has 3 aromatic rings. The van der Waals surface area contributed by atoms with Crippen molar-refractivity contribution in [3.63, 3.8) is 0 Å². The minimum Gasteiger partial charge on any atom is -0.294 e. The maximum Gasteiger partial charge on any atom is 0.115 e. The summed E-state index contributed by atoms with van der Waals surface area (Å²) in [6.07, 6.45) is 12.3. The second-order valence-electron chi connectivity index (χ2n) is 8.36. The normalized spacial score (nSPS) is 16.3. The number of aryl methyl sites for hydroxylation is 1. The number of aromatic nitrogens is 4. The fourth-order valence-electron chi connectivity index (χ4n) is 4.42. The van der Waals surface area contributed by atoms with Crippen LogP contribution in [-0.2, 0) is 13.6 Å². The Bertz CT molecular complexity index is 910. The van der Waals surface area contributed by atoms with Gasteiger partial charge < -0.3 is 0 Å². The first-order valence-electron chi connectivity index (χ1n) is 10.7. The quantitative estimate of drug-likeness (QED) is 0.587. The Morgan fingerprint density at radius 2 is 1.86 bits per heavy atom. The van der Waals surface area contributed by atoms with Crippen LogP contribution in [0.1, 0.15) is 67.8 Å². The van der Waals surface area contributed by atoms with Crippen molar-refractivity contribution in [3.8, 4) is 11.3 Å². The summed E-state index contributed by atoms with van der Waals surface area (Å²) in [7, 11) is 4.13. The molecule has 5 nitrogen and oxygen atoms in total. The number of benzene rings is 1. The van der Waals surface area contributed by atoms with E-state index in [1.54, 1.807) is 12.5 Å². The van der Waals surface area contributed by atoms with Gasteiger partial charge in [-0.05, 0) is 44.4 Å². The molecular weight excluding hydrogens is 358 g/mol. The van der Waals surface area contributed by atoms with Gasteiger partial charge in [-0.15, -0.1) is 0 Å². The van der Waals surface area contributed by atoms with E-state index in [9.17, 15) is 0 Å². The Kier molecular flexibility index (Phi) is 6.05. The number of rotatable bonds is 6. The molecule has 29 heavy (non-hydrogen) atoms. The largest absolute Gasteiger partial charge is 0.294 e. The zero-order chi connectivity index (χ0) is 20.2. The summed E-state index contributed by atoms with van der Waals surface area (Å²) >= 11 is 0. The molecule has 0 bridgehead atoms. The third kappa shape index (κ3) is 4.56. The summed E-state index contributed by atoms with van der Waals surface area (Å²) in [6, 6.07) is 11.3. The lowest BCUT2D eigenvalue weighted by Crippen LogP contribution is -2.22. The first kappa shape index (κ1) is 19.8. The molecule has 4 rings (SSSR count). The molecule has 1 unspecified atom stereocenters. The van der Waals surface area contributed by atoms with E-state index in [1.165, 1.54) is 48.8 Å². The van der Waals surface area contributed by atoms with Crippen LogP contribution in [0.2, 0.25) is 0 Å². The molecule has 0 saturated heterocycles. The Morgan fingerprint density at radius 3 is 2.55 bits per heavy atom. The smallest absolute Gasteiger partial charge is 0.115 e. The molecule has 0 amide bonds. The van der Waals surface area contributed by atoms with E-state index in [0.717, 1.165) is 23.9 Å². The van der Waals surface area contributed by atoms with E-state index in [1.807, 2.05) is 17.8 Å². The van der Waals surface area contributed by atoms with Gasteiger partial charge in [0.25, 0.3) is 0 Å². The standard InChI is InChI=1S/C24H31N5/c1-18(23-13-14-25-17-26-23)28(2)15-22-16-29(3)27-24(22)21-11-9-20(10-12-21)19-7-5-4-6-8-19/h9-14,16-19H,4-8,15H2,1-3H3. The molecule has 0 radical (unpaired) electrons. The zero-order valence-electron chi connectivity index (χ0n) is 17.8. The van der Waals surface area contributed by atoms with Crippen LogP contribution >= 0.6 is 0 Å². The Labute approximate surface area is 173 Å². The molecule has 1 atom stereocenters. The van der Waals surface area contributed by atoms with Crippen molar-refractivity contribution in [2.45, 2.75) is 57.5 Å². The van der Waals surface area contributed by atoms with Crippen molar-refractivity contribution in [1.29, 1.82) is 0 Å². The van der Waals surface area contributed by atoms with Crippen LogP contribution in [0.15, 0.2) is 49.1 Å². The first-order valence-corrected chi connectivity index (χ1v) is 10.7. The van der Waals surface area contributed by atoms with Crippen molar-refractivity contribution >= 4 is 0 Å². The predicted octanol–water partition coefficient (Wildman–Crippen LogP) is 5.12. The maximum absolute atomic E-state index is 4.77. The number of hydrogen-bond acceptors (Lipinski definition) is 4. The lowest BCUT2D eigenvalue weighted by molar-refractivity contribution is 0.248. The number of nitrogens with zero attached hydrogens (tertiary/aromatic N) is 5. The van der Waals surface area contributed by atoms with Crippen LogP contribution in [0.4, 0.5) is 0 Å². The van der Waals surface area contributed by atoms with Gasteiger partial charge in [0, 0.05) is 43.2 Å². The van der Waals surface area contributed by atoms with Crippen molar-refractivity contribution < 1.29 is 0 Å². The van der Waals surface area contributed by atoms with Crippen molar-refractivity contribution in [3.05, 3.63) is 65.9 Å². The van der Waals surface area contributed by atoms with Crippen molar-refractivity contribution in [2.75, 3.05) is 7.05 Å². The van der Waals surface area contributed by atoms with Gasteiger partial charge in [-0.25, -0.2) is 9.97 Å². The van der Waals surface area contributed by atoms with Gasteiger partial charge in [0.1, 0.15) is 6.33 Å². The second-order valence-corrected chi connectivity index (χ2v) is 8.36. The van der Waals surface area contributed by atoms with E-state index in [-0.39, 0.29) is 6.04 Å². The molecule has 2 heterocycles. The predicted molar refractivity (Wildman–Crippen MR) is 116 cm³/mol. The maximum atomic E-state index is 4.77. The van der Waals surface area contributed by atoms with Crippen LogP contribution in [0.25, 0.3) is 11.3 Å². The molecular formula is C24H31N5. The zero-order valence-corrected chi connectivity index (χ0v) is 17.8. The Morgan fingerprint density at radius 1 is 1.10 bits per heavy atom. The van der Waals surface area contributed by atoms with E-state index in [4.69, 9.17) is 5.10 Å². The van der Waals surface area contributed by atoms with Gasteiger partial charge in [-0.2, -0.15) is 5.10 Å². The summed E-state index contributed by atoms with van der Waals surface area (Å²) < 4.78 is 1.92. The Hall–Kier alpha value is -2.53. The molecule has 1 aliphatic carbocycles. The van der Waals surface area contributed by atoms with Crippen molar-refractivity contribution in [1.82, 2.24) is 24.6 Å². The molecule has 0 N–H and O–H groups in total. The second kappa shape index (κ2) is 8.87. The third-order valence-corrected chi connectivity index (χ3v) is 6.28. The minimum atomic E-state index is 0.208. The lowest BCUT2D eigenvalue weighted by Gasteiger charge is -2.24. The van der Waals surface area contributed by atoms with Gasteiger partial charge in [0.2, 0.25) is 0 Å². The number of hydrogen-bond donors (Lipinski definition) is 0. The van der Waals surface area contributed by atoms with Crippen LogP contribution in [-0.4, -0.2) is 31.7 Å². The molecule has 2 aromatic heterocycles. The topological polar surface area (TPSA) is 46.8 Å². The van der Waals surface area contributed by atoms with Crippen LogP contribution < -0.4 is 0 Å². The van der Waals surface area contributed by atoms with Gasteiger partial charge >= 0.3 is 0 Å². The summed E-state index contributed by atoms with van der Waals surface area (Å²) in [4.78, 5) is 10.7. The van der Waals surface area contributed by atoms with Gasteiger partial charge in [0.05, 0.1) is 11.4 Å². The summed E-state index contributed by atoms with van der Waals surface area (Å²) in [6.45, 7) is 3.00. The first-order chi connectivity index (χ1) is 14.1. The van der Waals surface area contributed by atoms with Crippen LogP contribution in [0, 0.1) is 0 Å². The van der Waals surface area contributed by atoms with E-state index >= 15 is 0 Å². The van der Waals surface area contributed by atoms with Gasteiger partial charge in [-0.1, -0.05) is 43.5 Å². The molecule has 152 valence electrons. The van der Waals surface area contributed by atoms with E-state index < -0.39 is 0 Å². The van der Waals surface area contributed by atoms with E-state index in [2.05, 4.69) is 59.3 Å². The highest BCUT2D eigenvalue weighted by atomic mass is 15.3. The molecule has 1 saturated carbocycles. The highest BCUT2D eigenvalue weighted by Gasteiger charge is 2.19. The average molecular weight is 390 g/mol. The molecule has 5 heteroatoms.